The molecule has 1 aliphatic heterocycles. The molecule has 150 valence electrons. The smallest absolute Gasteiger partial charge is 0.266 e. The number of carbonyl (C=O) groups excluding carboxylic acids is 1. The molecule has 4 aromatic rings. The summed E-state index contributed by atoms with van der Waals surface area (Å²) in [4.78, 5) is 34.9. The Morgan fingerprint density at radius 2 is 2.03 bits per heavy atom. The second kappa shape index (κ2) is 7.59. The van der Waals surface area contributed by atoms with E-state index in [-0.39, 0.29) is 17.5 Å². The van der Waals surface area contributed by atoms with E-state index >= 15 is 0 Å². The van der Waals surface area contributed by atoms with Gasteiger partial charge in [-0.05, 0) is 37.1 Å². The maximum Gasteiger partial charge on any atom is 0.266 e. The highest BCUT2D eigenvalue weighted by Gasteiger charge is 2.31. The number of benzene rings is 1. The van der Waals surface area contributed by atoms with Crippen molar-refractivity contribution < 1.29 is 4.79 Å². The zero-order chi connectivity index (χ0) is 20.5. The first-order valence-corrected chi connectivity index (χ1v) is 10.1. The molecule has 5 rings (SSSR count). The van der Waals surface area contributed by atoms with E-state index < -0.39 is 0 Å². The highest BCUT2D eigenvalue weighted by molar-refractivity contribution is 6.06. The summed E-state index contributed by atoms with van der Waals surface area (Å²) < 4.78 is 1.47. The van der Waals surface area contributed by atoms with Gasteiger partial charge in [-0.2, -0.15) is 5.10 Å². The van der Waals surface area contributed by atoms with E-state index in [0.29, 0.717) is 24.3 Å². The number of para-hydroxylation sites is 1. The first-order valence-electron chi connectivity index (χ1n) is 10.1. The fourth-order valence-electron chi connectivity index (χ4n) is 4.14. The van der Waals surface area contributed by atoms with Gasteiger partial charge in [0.05, 0.1) is 23.8 Å². The van der Waals surface area contributed by atoms with Gasteiger partial charge in [0.25, 0.3) is 11.5 Å². The molecule has 1 atom stereocenters. The number of rotatable bonds is 4. The molecule has 7 heteroatoms. The predicted octanol–water partition coefficient (Wildman–Crippen LogP) is 3.09. The molecule has 1 unspecified atom stereocenters. The molecule has 1 aliphatic rings. The van der Waals surface area contributed by atoms with Crippen molar-refractivity contribution in [2.45, 2.75) is 25.4 Å². The number of H-pyrrole nitrogens is 1. The quantitative estimate of drug-likeness (QED) is 0.572. The fraction of sp³-hybridized carbons (Fsp3) is 0.217. The average molecular weight is 399 g/mol. The molecular formula is C23H21N5O2. The van der Waals surface area contributed by atoms with E-state index in [0.717, 1.165) is 29.3 Å². The number of fused-ring (bicyclic) bond motifs is 1. The summed E-state index contributed by atoms with van der Waals surface area (Å²) >= 11 is 0. The summed E-state index contributed by atoms with van der Waals surface area (Å²) in [5, 5.41) is 5.45. The molecule has 0 radical (unpaired) electrons. The highest BCUT2D eigenvalue weighted by atomic mass is 16.2. The molecule has 1 saturated heterocycles. The van der Waals surface area contributed by atoms with Crippen LogP contribution in [0.15, 0.2) is 71.9 Å². The highest BCUT2D eigenvalue weighted by Crippen LogP contribution is 2.25. The van der Waals surface area contributed by atoms with Crippen LogP contribution in [0.2, 0.25) is 0 Å². The van der Waals surface area contributed by atoms with Crippen LogP contribution in [0.25, 0.3) is 22.2 Å². The molecule has 7 nitrogen and oxygen atoms in total. The Bertz CT molecular complexity index is 1260. The van der Waals surface area contributed by atoms with E-state index in [9.17, 15) is 9.59 Å². The summed E-state index contributed by atoms with van der Waals surface area (Å²) in [5.74, 6) is -0.00795. The molecule has 0 saturated carbocycles. The van der Waals surface area contributed by atoms with Gasteiger partial charge in [0.1, 0.15) is 0 Å². The molecular weight excluding hydrogens is 378 g/mol. The maximum absolute atomic E-state index is 13.3. The Kier molecular flexibility index (Phi) is 4.63. The zero-order valence-electron chi connectivity index (χ0n) is 16.4. The number of amides is 1. The van der Waals surface area contributed by atoms with Crippen molar-refractivity contribution in [1.82, 2.24) is 24.6 Å². The van der Waals surface area contributed by atoms with Crippen molar-refractivity contribution in [3.8, 4) is 11.3 Å². The second-order valence-corrected chi connectivity index (χ2v) is 7.52. The van der Waals surface area contributed by atoms with Crippen LogP contribution in [0, 0.1) is 0 Å². The van der Waals surface area contributed by atoms with E-state index in [1.54, 1.807) is 24.7 Å². The van der Waals surface area contributed by atoms with Crippen molar-refractivity contribution in [2.75, 3.05) is 6.54 Å². The third-order valence-corrected chi connectivity index (χ3v) is 5.67. The molecule has 0 bridgehead atoms. The van der Waals surface area contributed by atoms with E-state index in [1.165, 1.54) is 10.7 Å². The van der Waals surface area contributed by atoms with Crippen LogP contribution < -0.4 is 5.56 Å². The molecule has 4 heterocycles. The topological polar surface area (TPSA) is 83.9 Å². The van der Waals surface area contributed by atoms with Crippen LogP contribution in [0.1, 0.15) is 23.2 Å². The van der Waals surface area contributed by atoms with E-state index in [4.69, 9.17) is 0 Å². The van der Waals surface area contributed by atoms with Crippen molar-refractivity contribution in [3.63, 3.8) is 0 Å². The maximum atomic E-state index is 13.3. The first kappa shape index (κ1) is 18.3. The Labute approximate surface area is 173 Å². The number of hydrogen-bond donors (Lipinski definition) is 1. The SMILES string of the molecule is O=C(c1c[nH]c2ccccc12)N1CCCC1Cn1nc(-c2cccnc2)ccc1=O. The minimum absolute atomic E-state index is 0.00795. The molecule has 1 fully saturated rings. The predicted molar refractivity (Wildman–Crippen MR) is 114 cm³/mol. The Hall–Kier alpha value is -3.74. The van der Waals surface area contributed by atoms with Crippen LogP contribution in [0.4, 0.5) is 0 Å². The fourth-order valence-corrected chi connectivity index (χ4v) is 4.14. The molecule has 1 N–H and O–H groups in total. The number of likely N-dealkylation sites (tertiary alicyclic amines) is 1. The van der Waals surface area contributed by atoms with E-state index in [2.05, 4.69) is 15.1 Å². The Morgan fingerprint density at radius 3 is 2.90 bits per heavy atom. The van der Waals surface area contributed by atoms with Gasteiger partial charge in [0, 0.05) is 47.7 Å². The van der Waals surface area contributed by atoms with Crippen LogP contribution in [-0.4, -0.2) is 43.1 Å². The largest absolute Gasteiger partial charge is 0.360 e. The number of aromatic nitrogens is 4. The average Bonchev–Trinajstić information content (AvgIpc) is 3.42. The summed E-state index contributed by atoms with van der Waals surface area (Å²) in [5.41, 5.74) is 2.98. The number of nitrogens with one attached hydrogen (secondary N) is 1. The molecule has 30 heavy (non-hydrogen) atoms. The van der Waals surface area contributed by atoms with Gasteiger partial charge in [0.2, 0.25) is 0 Å². The number of hydrogen-bond acceptors (Lipinski definition) is 4. The number of pyridine rings is 1. The van der Waals surface area contributed by atoms with Gasteiger partial charge in [0.15, 0.2) is 0 Å². The van der Waals surface area contributed by atoms with Crippen molar-refractivity contribution in [2.24, 2.45) is 0 Å². The minimum atomic E-state index is -0.172. The van der Waals surface area contributed by atoms with Crippen LogP contribution in [0.3, 0.4) is 0 Å². The molecule has 0 aliphatic carbocycles. The third kappa shape index (κ3) is 3.28. The Morgan fingerprint density at radius 1 is 1.13 bits per heavy atom. The molecule has 3 aromatic heterocycles. The lowest BCUT2D eigenvalue weighted by Gasteiger charge is -2.25. The third-order valence-electron chi connectivity index (χ3n) is 5.67. The zero-order valence-corrected chi connectivity index (χ0v) is 16.4. The number of carbonyl (C=O) groups is 1. The van der Waals surface area contributed by atoms with Gasteiger partial charge in [-0.15, -0.1) is 0 Å². The minimum Gasteiger partial charge on any atom is -0.360 e. The summed E-state index contributed by atoms with van der Waals surface area (Å²) in [6.07, 6.45) is 6.96. The normalized spacial score (nSPS) is 16.3. The lowest BCUT2D eigenvalue weighted by molar-refractivity contribution is 0.0722. The Balaban J connectivity index is 1.42. The van der Waals surface area contributed by atoms with Gasteiger partial charge in [-0.25, -0.2) is 4.68 Å². The van der Waals surface area contributed by atoms with Crippen LogP contribution >= 0.6 is 0 Å². The summed E-state index contributed by atoms with van der Waals surface area (Å²) in [7, 11) is 0. The lowest BCUT2D eigenvalue weighted by atomic mass is 10.1. The van der Waals surface area contributed by atoms with Crippen LogP contribution in [-0.2, 0) is 6.54 Å². The number of nitrogens with zero attached hydrogens (tertiary/aromatic N) is 4. The molecule has 0 spiro atoms. The summed E-state index contributed by atoms with van der Waals surface area (Å²) in [6, 6.07) is 14.7. The van der Waals surface area contributed by atoms with Crippen molar-refractivity contribution in [3.05, 3.63) is 83.0 Å². The van der Waals surface area contributed by atoms with Crippen molar-refractivity contribution in [1.29, 1.82) is 0 Å². The lowest BCUT2D eigenvalue weighted by Crippen LogP contribution is -2.40. The van der Waals surface area contributed by atoms with Gasteiger partial charge < -0.3 is 9.88 Å². The van der Waals surface area contributed by atoms with Crippen molar-refractivity contribution >= 4 is 16.8 Å². The monoisotopic (exact) mass is 399 g/mol. The first-order chi connectivity index (χ1) is 14.7. The number of aromatic amines is 1. The molecule has 1 amide bonds. The van der Waals surface area contributed by atoms with Gasteiger partial charge in [-0.3, -0.25) is 14.6 Å². The standard InChI is InChI=1S/C23H21N5O2/c29-22-10-9-20(16-5-3-11-24-13-16)26-28(22)15-17-6-4-12-27(17)23(30)19-14-25-21-8-2-1-7-18(19)21/h1-3,5,7-11,13-14,17,25H,4,6,12,15H2. The second-order valence-electron chi connectivity index (χ2n) is 7.52. The molecule has 1 aromatic carbocycles. The van der Waals surface area contributed by atoms with Crippen LogP contribution in [0.5, 0.6) is 0 Å². The van der Waals surface area contributed by atoms with Gasteiger partial charge >= 0.3 is 0 Å². The van der Waals surface area contributed by atoms with Gasteiger partial charge in [-0.1, -0.05) is 18.2 Å². The van der Waals surface area contributed by atoms with E-state index in [1.807, 2.05) is 41.3 Å². The summed E-state index contributed by atoms with van der Waals surface area (Å²) in [6.45, 7) is 1.06.